The first kappa shape index (κ1) is 13.1. The Morgan fingerprint density at radius 2 is 2.00 bits per heavy atom. The minimum Gasteiger partial charge on any atom is -0.499 e. The molecular formula is C9H21NO. The number of rotatable bonds is 5. The van der Waals surface area contributed by atoms with Gasteiger partial charge in [-0.05, 0) is 19.9 Å². The maximum Gasteiger partial charge on any atom is 0.0888 e. The van der Waals surface area contributed by atoms with Crippen molar-refractivity contribution in [3.05, 3.63) is 12.3 Å². The molecule has 2 heteroatoms. The number of hydrogen-bond donors (Lipinski definition) is 1. The van der Waals surface area contributed by atoms with Gasteiger partial charge in [0.1, 0.15) is 0 Å². The largest absolute Gasteiger partial charge is 0.499 e. The molecule has 68 valence electrons. The molecule has 0 unspecified atom stereocenters. The van der Waals surface area contributed by atoms with Crippen molar-refractivity contribution in [2.45, 2.75) is 33.6 Å². The van der Waals surface area contributed by atoms with Gasteiger partial charge in [-0.2, -0.15) is 0 Å². The number of hydrogen-bond acceptors (Lipinski definition) is 2. The summed E-state index contributed by atoms with van der Waals surface area (Å²) in [5.74, 6) is 0.850. The summed E-state index contributed by atoms with van der Waals surface area (Å²) in [4.78, 5) is 0. The number of nitrogens with two attached hydrogens (primary N) is 1. The fraction of sp³-hybridized carbons (Fsp3) is 0.778. The van der Waals surface area contributed by atoms with E-state index in [-0.39, 0.29) is 0 Å². The van der Waals surface area contributed by atoms with Crippen molar-refractivity contribution in [2.24, 2.45) is 5.73 Å². The Morgan fingerprint density at radius 3 is 2.36 bits per heavy atom. The number of allylic oxidation sites excluding steroid dienone is 1. The summed E-state index contributed by atoms with van der Waals surface area (Å²) in [6, 6.07) is 0. The van der Waals surface area contributed by atoms with Crippen molar-refractivity contribution < 1.29 is 4.74 Å². The Kier molecular flexibility index (Phi) is 14.5. The molecular weight excluding hydrogens is 138 g/mol. The quantitative estimate of drug-likeness (QED) is 0.625. The van der Waals surface area contributed by atoms with E-state index in [0.29, 0.717) is 13.2 Å². The van der Waals surface area contributed by atoms with Gasteiger partial charge in [-0.1, -0.05) is 20.4 Å². The standard InChI is InChI=1S/C7H15NO.C2H6/c1-3-9-7(2)5-4-6-8;1-2/h2-6,8H2,1H3;1-2H3. The van der Waals surface area contributed by atoms with Gasteiger partial charge in [-0.15, -0.1) is 0 Å². The minimum absolute atomic E-state index is 0.712. The van der Waals surface area contributed by atoms with Crippen molar-refractivity contribution in [1.82, 2.24) is 0 Å². The van der Waals surface area contributed by atoms with E-state index in [1.54, 1.807) is 0 Å². The Morgan fingerprint density at radius 1 is 1.45 bits per heavy atom. The maximum absolute atomic E-state index is 5.28. The van der Waals surface area contributed by atoms with E-state index in [0.717, 1.165) is 18.6 Å². The highest BCUT2D eigenvalue weighted by atomic mass is 16.5. The molecule has 0 heterocycles. The molecule has 0 radical (unpaired) electrons. The van der Waals surface area contributed by atoms with E-state index in [9.17, 15) is 0 Å². The molecule has 0 spiro atoms. The van der Waals surface area contributed by atoms with Crippen LogP contribution in [0.1, 0.15) is 33.6 Å². The van der Waals surface area contributed by atoms with Gasteiger partial charge in [0.15, 0.2) is 0 Å². The van der Waals surface area contributed by atoms with E-state index >= 15 is 0 Å². The summed E-state index contributed by atoms with van der Waals surface area (Å²) in [6.45, 7) is 11.1. The van der Waals surface area contributed by atoms with Crippen LogP contribution in [0, 0.1) is 0 Å². The monoisotopic (exact) mass is 159 g/mol. The second-order valence-corrected chi connectivity index (χ2v) is 1.86. The lowest BCUT2D eigenvalue weighted by Crippen LogP contribution is -1.99. The third-order valence-corrected chi connectivity index (χ3v) is 1.01. The van der Waals surface area contributed by atoms with Gasteiger partial charge in [-0.25, -0.2) is 0 Å². The van der Waals surface area contributed by atoms with Crippen molar-refractivity contribution >= 4 is 0 Å². The van der Waals surface area contributed by atoms with Crippen LogP contribution in [0.25, 0.3) is 0 Å². The van der Waals surface area contributed by atoms with Gasteiger partial charge in [-0.3, -0.25) is 0 Å². The second-order valence-electron chi connectivity index (χ2n) is 1.86. The lowest BCUT2D eigenvalue weighted by atomic mass is 10.3. The maximum atomic E-state index is 5.28. The van der Waals surface area contributed by atoms with Crippen LogP contribution in [0.3, 0.4) is 0 Å². The Labute approximate surface area is 70.4 Å². The van der Waals surface area contributed by atoms with Crippen molar-refractivity contribution in [3.63, 3.8) is 0 Å². The molecule has 0 rings (SSSR count). The van der Waals surface area contributed by atoms with E-state index in [4.69, 9.17) is 10.5 Å². The van der Waals surface area contributed by atoms with E-state index in [1.807, 2.05) is 20.8 Å². The molecule has 0 aliphatic rings. The second kappa shape index (κ2) is 12.2. The smallest absolute Gasteiger partial charge is 0.0888 e. The molecule has 0 aromatic carbocycles. The van der Waals surface area contributed by atoms with Crippen LogP contribution in [-0.4, -0.2) is 13.2 Å². The molecule has 0 saturated carbocycles. The highest BCUT2D eigenvalue weighted by Gasteiger charge is 1.90. The number of ether oxygens (including phenoxy) is 1. The summed E-state index contributed by atoms with van der Waals surface area (Å²) in [6.07, 6.45) is 1.86. The third-order valence-electron chi connectivity index (χ3n) is 1.01. The van der Waals surface area contributed by atoms with Gasteiger partial charge in [0.25, 0.3) is 0 Å². The predicted molar refractivity (Wildman–Crippen MR) is 50.4 cm³/mol. The molecule has 2 nitrogen and oxygen atoms in total. The van der Waals surface area contributed by atoms with Crippen LogP contribution in [0.2, 0.25) is 0 Å². The molecule has 0 aliphatic carbocycles. The lowest BCUT2D eigenvalue weighted by molar-refractivity contribution is 0.219. The summed E-state index contributed by atoms with van der Waals surface area (Å²) < 4.78 is 5.09. The molecule has 0 saturated heterocycles. The predicted octanol–water partition coefficient (Wildman–Crippen LogP) is 2.30. The van der Waals surface area contributed by atoms with Crippen LogP contribution in [0.4, 0.5) is 0 Å². The molecule has 2 N–H and O–H groups in total. The van der Waals surface area contributed by atoms with Crippen LogP contribution in [0.5, 0.6) is 0 Å². The summed E-state index contributed by atoms with van der Waals surface area (Å²) in [7, 11) is 0. The first-order chi connectivity index (χ1) is 5.31. The summed E-state index contributed by atoms with van der Waals surface area (Å²) >= 11 is 0. The average Bonchev–Trinajstić information content (AvgIpc) is 2.05. The van der Waals surface area contributed by atoms with Gasteiger partial charge < -0.3 is 10.5 Å². The van der Waals surface area contributed by atoms with Crippen molar-refractivity contribution in [1.29, 1.82) is 0 Å². The SMILES string of the molecule is C=C(CCCN)OCC.CC. The summed E-state index contributed by atoms with van der Waals surface area (Å²) in [5.41, 5.74) is 5.28. The van der Waals surface area contributed by atoms with E-state index in [2.05, 4.69) is 6.58 Å². The molecule has 0 aromatic rings. The zero-order valence-electron chi connectivity index (χ0n) is 8.02. The molecule has 0 bridgehead atoms. The molecule has 0 amide bonds. The van der Waals surface area contributed by atoms with Crippen LogP contribution < -0.4 is 5.73 Å². The highest BCUT2D eigenvalue weighted by Crippen LogP contribution is 2.01. The first-order valence-electron chi connectivity index (χ1n) is 4.32. The topological polar surface area (TPSA) is 35.2 Å². The average molecular weight is 159 g/mol. The Bertz CT molecular complexity index is 81.6. The molecule has 0 aromatic heterocycles. The van der Waals surface area contributed by atoms with Gasteiger partial charge in [0, 0.05) is 6.42 Å². The Hall–Kier alpha value is -0.500. The molecule has 0 fully saturated rings. The van der Waals surface area contributed by atoms with Gasteiger partial charge in [0.2, 0.25) is 0 Å². The lowest BCUT2D eigenvalue weighted by Gasteiger charge is -2.03. The van der Waals surface area contributed by atoms with E-state index < -0.39 is 0 Å². The highest BCUT2D eigenvalue weighted by molar-refractivity contribution is 4.81. The third kappa shape index (κ3) is 12.6. The zero-order chi connectivity index (χ0) is 9.11. The molecule has 11 heavy (non-hydrogen) atoms. The molecule has 0 aliphatic heterocycles. The normalized spacial score (nSPS) is 8.00. The van der Waals surface area contributed by atoms with Gasteiger partial charge in [0.05, 0.1) is 12.4 Å². The Balaban J connectivity index is 0. The summed E-state index contributed by atoms with van der Waals surface area (Å²) in [5, 5.41) is 0. The first-order valence-corrected chi connectivity index (χ1v) is 4.32. The fourth-order valence-electron chi connectivity index (χ4n) is 0.576. The van der Waals surface area contributed by atoms with Crippen LogP contribution in [0.15, 0.2) is 12.3 Å². The van der Waals surface area contributed by atoms with Crippen LogP contribution in [-0.2, 0) is 4.74 Å². The van der Waals surface area contributed by atoms with Crippen molar-refractivity contribution in [3.8, 4) is 0 Å². The minimum atomic E-state index is 0.712. The van der Waals surface area contributed by atoms with Crippen LogP contribution >= 0.6 is 0 Å². The zero-order valence-corrected chi connectivity index (χ0v) is 8.02. The molecule has 0 atom stereocenters. The fourth-order valence-corrected chi connectivity index (χ4v) is 0.576. The van der Waals surface area contributed by atoms with Crippen molar-refractivity contribution in [2.75, 3.05) is 13.2 Å². The van der Waals surface area contributed by atoms with E-state index in [1.165, 1.54) is 0 Å². The van der Waals surface area contributed by atoms with Gasteiger partial charge >= 0.3 is 0 Å².